The number of benzene rings is 1. The van der Waals surface area contributed by atoms with Gasteiger partial charge in [-0.1, -0.05) is 0 Å². The molecule has 7 nitrogen and oxygen atoms in total. The van der Waals surface area contributed by atoms with Crippen LogP contribution in [-0.2, 0) is 21.9 Å². The number of aryl methyl sites for hydroxylation is 2. The fourth-order valence-corrected chi connectivity index (χ4v) is 5.23. The molecule has 0 saturated carbocycles. The van der Waals surface area contributed by atoms with Crippen molar-refractivity contribution in [2.24, 2.45) is 7.05 Å². The van der Waals surface area contributed by atoms with Gasteiger partial charge in [0.2, 0.25) is 5.91 Å². The average Bonchev–Trinajstić information content (AvgIpc) is 2.87. The minimum atomic E-state index is -3.67. The molecular formula is C18H23FN4O3S2. The number of nitrogens with zero attached hydrogens (tertiary/aromatic N) is 4. The Kier molecular flexibility index (Phi) is 6.41. The lowest BCUT2D eigenvalue weighted by molar-refractivity contribution is -0.128. The summed E-state index contributed by atoms with van der Waals surface area (Å²) in [5, 5.41) is 0.0409. The van der Waals surface area contributed by atoms with Crippen LogP contribution < -0.4 is 0 Å². The van der Waals surface area contributed by atoms with Crippen molar-refractivity contribution < 1.29 is 17.6 Å². The summed E-state index contributed by atoms with van der Waals surface area (Å²) in [6.07, 6.45) is 2.08. The summed E-state index contributed by atoms with van der Waals surface area (Å²) in [6.45, 7) is 3.20. The van der Waals surface area contributed by atoms with Gasteiger partial charge in [0.25, 0.3) is 10.0 Å². The highest BCUT2D eigenvalue weighted by molar-refractivity contribution is 8.00. The minimum Gasteiger partial charge on any atom is -0.341 e. The summed E-state index contributed by atoms with van der Waals surface area (Å²) in [5.74, 6) is 0.496. The zero-order chi connectivity index (χ0) is 20.3. The van der Waals surface area contributed by atoms with Crippen LogP contribution >= 0.6 is 11.8 Å². The van der Waals surface area contributed by atoms with E-state index in [-0.39, 0.29) is 29.0 Å². The monoisotopic (exact) mass is 426 g/mol. The van der Waals surface area contributed by atoms with Crippen molar-refractivity contribution in [1.29, 1.82) is 0 Å². The number of halogens is 1. The molecule has 3 rings (SSSR count). The summed E-state index contributed by atoms with van der Waals surface area (Å²) in [7, 11) is -1.92. The fourth-order valence-electron chi connectivity index (χ4n) is 2.93. The van der Waals surface area contributed by atoms with Gasteiger partial charge in [-0.25, -0.2) is 17.8 Å². The van der Waals surface area contributed by atoms with Crippen molar-refractivity contribution in [2.75, 3.05) is 31.9 Å². The second-order valence-electron chi connectivity index (χ2n) is 6.62. The van der Waals surface area contributed by atoms with Crippen LogP contribution in [0.2, 0.25) is 0 Å². The first-order valence-corrected chi connectivity index (χ1v) is 11.4. The molecule has 1 aliphatic heterocycles. The topological polar surface area (TPSA) is 75.5 Å². The van der Waals surface area contributed by atoms with E-state index < -0.39 is 10.0 Å². The van der Waals surface area contributed by atoms with Gasteiger partial charge in [0.1, 0.15) is 11.6 Å². The van der Waals surface area contributed by atoms with E-state index in [1.54, 1.807) is 35.6 Å². The molecule has 2 aromatic rings. The van der Waals surface area contributed by atoms with Gasteiger partial charge in [0.15, 0.2) is 5.03 Å². The molecule has 0 radical (unpaired) electrons. The van der Waals surface area contributed by atoms with Gasteiger partial charge < -0.3 is 9.47 Å². The second-order valence-corrected chi connectivity index (χ2v) is 9.55. The Labute approximate surface area is 168 Å². The summed E-state index contributed by atoms with van der Waals surface area (Å²) in [4.78, 5) is 19.2. The molecule has 10 heteroatoms. The van der Waals surface area contributed by atoms with E-state index >= 15 is 0 Å². The van der Waals surface area contributed by atoms with Crippen LogP contribution in [0, 0.1) is 12.7 Å². The summed E-state index contributed by atoms with van der Waals surface area (Å²) in [6, 6.07) is 6.00. The normalized spacial score (nSPS) is 16.2. The molecule has 0 spiro atoms. The maximum atomic E-state index is 13.0. The SMILES string of the molecule is Cc1nc(S(=O)(=O)N2CCCN(C(=O)CSc3ccc(F)cc3)CC2)cn1C. The first kappa shape index (κ1) is 20.8. The fraction of sp³-hybridized carbons (Fsp3) is 0.444. The van der Waals surface area contributed by atoms with Crippen molar-refractivity contribution >= 4 is 27.7 Å². The number of rotatable bonds is 5. The average molecular weight is 427 g/mol. The van der Waals surface area contributed by atoms with E-state index in [4.69, 9.17) is 0 Å². The molecule has 2 heterocycles. The van der Waals surface area contributed by atoms with Crippen LogP contribution in [0.25, 0.3) is 0 Å². The third-order valence-electron chi connectivity index (χ3n) is 4.67. The van der Waals surface area contributed by atoms with Crippen molar-refractivity contribution in [1.82, 2.24) is 18.8 Å². The molecular weight excluding hydrogens is 403 g/mol. The number of amides is 1. The molecule has 28 heavy (non-hydrogen) atoms. The van der Waals surface area contributed by atoms with Crippen molar-refractivity contribution in [3.05, 3.63) is 42.1 Å². The van der Waals surface area contributed by atoms with Crippen LogP contribution in [0.15, 0.2) is 40.4 Å². The number of hydrogen-bond donors (Lipinski definition) is 0. The summed E-state index contributed by atoms with van der Waals surface area (Å²) < 4.78 is 41.7. The summed E-state index contributed by atoms with van der Waals surface area (Å²) in [5.41, 5.74) is 0. The highest BCUT2D eigenvalue weighted by atomic mass is 32.2. The second kappa shape index (κ2) is 8.62. The number of thioether (sulfide) groups is 1. The van der Waals surface area contributed by atoms with Crippen LogP contribution in [0.3, 0.4) is 0 Å². The van der Waals surface area contributed by atoms with E-state index in [9.17, 15) is 17.6 Å². The van der Waals surface area contributed by atoms with E-state index in [0.29, 0.717) is 31.9 Å². The lowest BCUT2D eigenvalue weighted by Gasteiger charge is -2.21. The van der Waals surface area contributed by atoms with Gasteiger partial charge in [0, 0.05) is 44.3 Å². The first-order valence-electron chi connectivity index (χ1n) is 8.93. The Balaban J connectivity index is 1.59. The Morgan fingerprint density at radius 2 is 1.89 bits per heavy atom. The van der Waals surface area contributed by atoms with Gasteiger partial charge in [0.05, 0.1) is 5.75 Å². The molecule has 0 bridgehead atoms. The first-order chi connectivity index (χ1) is 13.3. The highest BCUT2D eigenvalue weighted by Gasteiger charge is 2.30. The van der Waals surface area contributed by atoms with Gasteiger partial charge in [-0.05, 0) is 37.6 Å². The lowest BCUT2D eigenvalue weighted by Crippen LogP contribution is -2.38. The Bertz CT molecular complexity index is 925. The van der Waals surface area contributed by atoms with Gasteiger partial charge in [-0.3, -0.25) is 4.79 Å². The van der Waals surface area contributed by atoms with E-state index in [2.05, 4.69) is 4.98 Å². The Morgan fingerprint density at radius 1 is 1.18 bits per heavy atom. The van der Waals surface area contributed by atoms with Crippen molar-refractivity contribution in [2.45, 2.75) is 23.3 Å². The number of hydrogen-bond acceptors (Lipinski definition) is 5. The molecule has 0 aliphatic carbocycles. The number of aromatic nitrogens is 2. The molecule has 1 aliphatic rings. The number of carbonyl (C=O) groups excluding carboxylic acids is 1. The van der Waals surface area contributed by atoms with Crippen molar-refractivity contribution in [3.63, 3.8) is 0 Å². The third kappa shape index (κ3) is 4.73. The lowest BCUT2D eigenvalue weighted by atomic mass is 10.4. The van der Waals surface area contributed by atoms with Gasteiger partial charge >= 0.3 is 0 Å². The molecule has 0 atom stereocenters. The Morgan fingerprint density at radius 3 is 2.54 bits per heavy atom. The zero-order valence-corrected chi connectivity index (χ0v) is 17.5. The Hall–Kier alpha value is -1.91. The maximum Gasteiger partial charge on any atom is 0.262 e. The van der Waals surface area contributed by atoms with Crippen molar-refractivity contribution in [3.8, 4) is 0 Å². The number of carbonyl (C=O) groups is 1. The predicted molar refractivity (Wildman–Crippen MR) is 105 cm³/mol. The van der Waals surface area contributed by atoms with Crippen LogP contribution in [0.5, 0.6) is 0 Å². The van der Waals surface area contributed by atoms with Crippen LogP contribution in [0.4, 0.5) is 4.39 Å². The molecule has 1 fully saturated rings. The number of sulfonamides is 1. The van der Waals surface area contributed by atoms with Crippen LogP contribution in [0.1, 0.15) is 12.2 Å². The van der Waals surface area contributed by atoms with Gasteiger partial charge in [-0.15, -0.1) is 11.8 Å². The largest absolute Gasteiger partial charge is 0.341 e. The highest BCUT2D eigenvalue weighted by Crippen LogP contribution is 2.20. The van der Waals surface area contributed by atoms with E-state index in [1.165, 1.54) is 34.4 Å². The predicted octanol–water partition coefficient (Wildman–Crippen LogP) is 1.88. The quantitative estimate of drug-likeness (QED) is 0.683. The maximum absolute atomic E-state index is 13.0. The molecule has 1 saturated heterocycles. The summed E-state index contributed by atoms with van der Waals surface area (Å²) >= 11 is 1.34. The molecule has 152 valence electrons. The molecule has 1 amide bonds. The number of imidazole rings is 1. The van der Waals surface area contributed by atoms with Crippen LogP contribution in [-0.4, -0.2) is 65.0 Å². The van der Waals surface area contributed by atoms with E-state index in [1.807, 2.05) is 0 Å². The zero-order valence-electron chi connectivity index (χ0n) is 15.8. The smallest absolute Gasteiger partial charge is 0.262 e. The molecule has 0 N–H and O–H groups in total. The third-order valence-corrected chi connectivity index (χ3v) is 7.44. The molecule has 1 aromatic carbocycles. The molecule has 0 unspecified atom stereocenters. The van der Waals surface area contributed by atoms with Gasteiger partial charge in [-0.2, -0.15) is 4.31 Å². The van der Waals surface area contributed by atoms with E-state index in [0.717, 1.165) is 4.90 Å². The molecule has 1 aromatic heterocycles. The standard InChI is InChI=1S/C18H23FN4O3S2/c1-14-20-17(12-21(14)2)28(25,26)23-9-3-8-22(10-11-23)18(24)13-27-16-6-4-15(19)5-7-16/h4-7,12H,3,8-11,13H2,1-2H3. The minimum absolute atomic E-state index is 0.0409.